The molecule has 0 aliphatic heterocycles. The Bertz CT molecular complexity index is 820. The van der Waals surface area contributed by atoms with Crippen LogP contribution in [0.5, 0.6) is 5.75 Å². The third kappa shape index (κ3) is 8.81. The molecule has 0 saturated heterocycles. The molecule has 0 unspecified atom stereocenters. The van der Waals surface area contributed by atoms with Crippen molar-refractivity contribution in [2.24, 2.45) is 0 Å². The van der Waals surface area contributed by atoms with E-state index in [0.29, 0.717) is 25.8 Å². The summed E-state index contributed by atoms with van der Waals surface area (Å²) < 4.78 is 16.1. The quantitative estimate of drug-likeness (QED) is 0.142. The minimum absolute atomic E-state index is 0. The normalized spacial score (nSPS) is 10.8. The molecule has 0 saturated carbocycles. The Morgan fingerprint density at radius 3 is 2.16 bits per heavy atom. The van der Waals surface area contributed by atoms with Gasteiger partial charge in [-0.1, -0.05) is 70.3 Å². The number of carbonyl (C=O) groups is 1. The van der Waals surface area contributed by atoms with Gasteiger partial charge in [0.05, 0.1) is 6.61 Å². The first kappa shape index (κ1) is 27.3. The second-order valence-corrected chi connectivity index (χ2v) is 7.95. The van der Waals surface area contributed by atoms with Crippen molar-refractivity contribution in [3.8, 4) is 5.75 Å². The Morgan fingerprint density at radius 2 is 1.56 bits per heavy atom. The molecular weight excluding hydrogens is 400 g/mol. The third-order valence-corrected chi connectivity index (χ3v) is 5.27. The van der Waals surface area contributed by atoms with Crippen LogP contribution in [-0.4, -0.2) is 32.4 Å². The predicted molar refractivity (Wildman–Crippen MR) is 132 cm³/mol. The maximum Gasteiger partial charge on any atom is 0.192 e. The molecule has 174 valence electrons. The molecular formula is C28H38O4. The largest absolute Gasteiger partial charge is 0.485 e. The van der Waals surface area contributed by atoms with Crippen LogP contribution in [0.25, 0.3) is 0 Å². The monoisotopic (exact) mass is 438 g/mol. The van der Waals surface area contributed by atoms with Crippen molar-refractivity contribution in [1.29, 1.82) is 0 Å². The van der Waals surface area contributed by atoms with E-state index in [9.17, 15) is 4.79 Å². The highest BCUT2D eigenvalue weighted by Crippen LogP contribution is 2.32. The van der Waals surface area contributed by atoms with E-state index in [4.69, 9.17) is 14.2 Å². The van der Waals surface area contributed by atoms with E-state index in [1.165, 1.54) is 22.8 Å². The lowest BCUT2D eigenvalue weighted by atomic mass is 9.78. The van der Waals surface area contributed by atoms with Crippen LogP contribution in [0.3, 0.4) is 0 Å². The lowest BCUT2D eigenvalue weighted by Crippen LogP contribution is -2.18. The van der Waals surface area contributed by atoms with E-state index in [1.807, 2.05) is 12.1 Å². The van der Waals surface area contributed by atoms with Crippen LogP contribution in [0.2, 0.25) is 0 Å². The molecule has 0 aliphatic rings. The Hall–Kier alpha value is -2.69. The van der Waals surface area contributed by atoms with Gasteiger partial charge in [0.25, 0.3) is 0 Å². The van der Waals surface area contributed by atoms with Crippen LogP contribution in [0.15, 0.2) is 73.8 Å². The smallest absolute Gasteiger partial charge is 0.192 e. The van der Waals surface area contributed by atoms with E-state index in [-0.39, 0.29) is 25.2 Å². The topological polar surface area (TPSA) is 44.8 Å². The van der Waals surface area contributed by atoms with E-state index in [2.05, 4.69) is 63.4 Å². The van der Waals surface area contributed by atoms with Crippen molar-refractivity contribution < 1.29 is 19.0 Å². The molecule has 4 nitrogen and oxygen atoms in total. The van der Waals surface area contributed by atoms with Gasteiger partial charge >= 0.3 is 0 Å². The van der Waals surface area contributed by atoms with Gasteiger partial charge in [-0.05, 0) is 54.2 Å². The van der Waals surface area contributed by atoms with Crippen molar-refractivity contribution >= 4 is 5.78 Å². The van der Waals surface area contributed by atoms with Crippen molar-refractivity contribution in [2.45, 2.75) is 46.0 Å². The molecule has 0 aromatic heterocycles. The van der Waals surface area contributed by atoms with Crippen molar-refractivity contribution in [2.75, 3.05) is 26.6 Å². The van der Waals surface area contributed by atoms with Crippen LogP contribution in [0.1, 0.15) is 50.8 Å². The molecule has 0 N–H and O–H groups in total. The van der Waals surface area contributed by atoms with Gasteiger partial charge in [-0.2, -0.15) is 0 Å². The minimum Gasteiger partial charge on any atom is -0.485 e. The molecule has 0 radical (unpaired) electrons. The van der Waals surface area contributed by atoms with Crippen LogP contribution >= 0.6 is 0 Å². The number of hydrogen-bond donors (Lipinski definition) is 0. The first-order valence-corrected chi connectivity index (χ1v) is 10.7. The summed E-state index contributed by atoms with van der Waals surface area (Å²) >= 11 is 0. The number of benzene rings is 2. The maximum atomic E-state index is 11.3. The number of rotatable bonds is 15. The number of unbranched alkanes of at least 4 members (excludes halogenated alkanes) is 1. The van der Waals surface area contributed by atoms with E-state index in [1.54, 1.807) is 6.08 Å². The maximum absolute atomic E-state index is 11.3. The molecule has 0 bridgehead atoms. The average molecular weight is 439 g/mol. The number of ether oxygens (including phenoxy) is 3. The van der Waals surface area contributed by atoms with E-state index in [0.717, 1.165) is 19.3 Å². The fourth-order valence-electron chi connectivity index (χ4n) is 3.22. The van der Waals surface area contributed by atoms with Gasteiger partial charge in [-0.3, -0.25) is 4.79 Å². The third-order valence-electron chi connectivity index (χ3n) is 5.27. The average Bonchev–Trinajstić information content (AvgIpc) is 2.79. The van der Waals surface area contributed by atoms with E-state index < -0.39 is 0 Å². The molecule has 0 heterocycles. The number of carbonyl (C=O) groups excluding carboxylic acids is 1. The van der Waals surface area contributed by atoms with Gasteiger partial charge in [0.1, 0.15) is 12.5 Å². The van der Waals surface area contributed by atoms with Gasteiger partial charge < -0.3 is 14.2 Å². The Labute approximate surface area is 193 Å². The molecule has 0 atom stereocenters. The summed E-state index contributed by atoms with van der Waals surface area (Å²) in [6.07, 6.45) is 6.12. The fraction of sp³-hybridized carbons (Fsp3) is 0.393. The molecule has 0 spiro atoms. The van der Waals surface area contributed by atoms with Gasteiger partial charge in [-0.15, -0.1) is 6.58 Å². The van der Waals surface area contributed by atoms with Crippen molar-refractivity contribution in [1.82, 2.24) is 0 Å². The summed E-state index contributed by atoms with van der Waals surface area (Å²) in [5, 5.41) is 0. The van der Waals surface area contributed by atoms with Crippen molar-refractivity contribution in [3.63, 3.8) is 0 Å². The molecule has 2 aromatic rings. The summed E-state index contributed by atoms with van der Waals surface area (Å²) in [5.74, 6) is 0.552. The van der Waals surface area contributed by atoms with Gasteiger partial charge in [0.2, 0.25) is 0 Å². The Balaban J connectivity index is 0.00000512. The first-order valence-electron chi connectivity index (χ1n) is 10.7. The standard InChI is InChI=1S/C27H34O4.CH4/c1-5-18-29-21-30-19-8-7-9-22-10-12-23(13-11-22)27(3,4)24-14-16-26(17-15-24)31-20-25(28)6-2;/h5-6,10-17H,1-2,7-9,18-21H2,3-4H3;1H4. The fourth-order valence-corrected chi connectivity index (χ4v) is 3.22. The number of hydrogen-bond acceptors (Lipinski definition) is 4. The zero-order chi connectivity index (χ0) is 22.5. The lowest BCUT2D eigenvalue weighted by Gasteiger charge is -2.26. The van der Waals surface area contributed by atoms with Crippen LogP contribution in [0, 0.1) is 0 Å². The Morgan fingerprint density at radius 1 is 0.938 bits per heavy atom. The molecule has 0 aliphatic carbocycles. The molecule has 0 fully saturated rings. The Kier molecular flexibility index (Phi) is 12.3. The summed E-state index contributed by atoms with van der Waals surface area (Å²) in [7, 11) is 0. The van der Waals surface area contributed by atoms with Crippen LogP contribution < -0.4 is 4.74 Å². The number of ketones is 1. The highest BCUT2D eigenvalue weighted by Gasteiger charge is 2.23. The molecule has 0 amide bonds. The van der Waals surface area contributed by atoms with Gasteiger partial charge in [0, 0.05) is 12.0 Å². The van der Waals surface area contributed by atoms with Crippen LogP contribution in [-0.2, 0) is 26.1 Å². The van der Waals surface area contributed by atoms with Gasteiger partial charge in [-0.25, -0.2) is 0 Å². The first-order chi connectivity index (χ1) is 15.0. The zero-order valence-corrected chi connectivity index (χ0v) is 18.8. The minimum atomic E-state index is -0.132. The molecule has 4 heteroatoms. The summed E-state index contributed by atoms with van der Waals surface area (Å²) in [6.45, 7) is 13.1. The molecule has 32 heavy (non-hydrogen) atoms. The highest BCUT2D eigenvalue weighted by molar-refractivity contribution is 5.90. The second-order valence-electron chi connectivity index (χ2n) is 7.95. The summed E-state index contributed by atoms with van der Waals surface area (Å²) in [5.41, 5.74) is 3.65. The second kappa shape index (κ2) is 14.4. The lowest BCUT2D eigenvalue weighted by molar-refractivity contribution is -0.116. The van der Waals surface area contributed by atoms with Crippen molar-refractivity contribution in [3.05, 3.63) is 90.5 Å². The highest BCUT2D eigenvalue weighted by atomic mass is 16.7. The number of aryl methyl sites for hydroxylation is 1. The summed E-state index contributed by atoms with van der Waals surface area (Å²) in [4.78, 5) is 11.3. The van der Waals surface area contributed by atoms with Crippen LogP contribution in [0.4, 0.5) is 0 Å². The molecule has 2 aromatic carbocycles. The predicted octanol–water partition coefficient (Wildman–Crippen LogP) is 6.28. The molecule has 2 rings (SSSR count). The SMILES string of the molecule is C.C=CCOCOCCCCc1ccc(C(C)(C)c2ccc(OCC(=O)C=C)cc2)cc1. The summed E-state index contributed by atoms with van der Waals surface area (Å²) in [6, 6.07) is 16.8. The van der Waals surface area contributed by atoms with Gasteiger partial charge in [0.15, 0.2) is 12.4 Å². The van der Waals surface area contributed by atoms with E-state index >= 15 is 0 Å². The zero-order valence-electron chi connectivity index (χ0n) is 18.8.